The molecule has 0 amide bonds. The van der Waals surface area contributed by atoms with E-state index in [4.69, 9.17) is 0 Å². The molecule has 0 atom stereocenters. The third kappa shape index (κ3) is 8.60. The van der Waals surface area contributed by atoms with E-state index >= 15 is 0 Å². The van der Waals surface area contributed by atoms with Crippen molar-refractivity contribution < 1.29 is 51.0 Å². The fourth-order valence-corrected chi connectivity index (χ4v) is 3.15. The summed E-state index contributed by atoms with van der Waals surface area (Å²) in [5.41, 5.74) is 4.02. The van der Waals surface area contributed by atoms with Crippen molar-refractivity contribution in [1.82, 2.24) is 0 Å². The van der Waals surface area contributed by atoms with E-state index in [2.05, 4.69) is 106 Å². The van der Waals surface area contributed by atoms with Crippen LogP contribution in [0.1, 0.15) is 16.7 Å². The maximum Gasteiger partial charge on any atom is 4.00 e. The second-order valence-corrected chi connectivity index (χ2v) is 6.98. The van der Waals surface area contributed by atoms with Crippen LogP contribution in [0.25, 0.3) is 21.5 Å². The molecule has 0 aliphatic rings. The second kappa shape index (κ2) is 14.4. The molecule has 3 heteroatoms. The Morgan fingerprint density at radius 1 is 0.500 bits per heavy atom. The first-order valence-electron chi connectivity index (χ1n) is 9.37. The number of halogens is 2. The second-order valence-electron chi connectivity index (χ2n) is 6.98. The van der Waals surface area contributed by atoms with Crippen molar-refractivity contribution in [2.75, 3.05) is 0 Å². The topological polar surface area (TPSA) is 0 Å². The van der Waals surface area contributed by atoms with Gasteiger partial charge in [-0.15, -0.1) is 81.2 Å². The summed E-state index contributed by atoms with van der Waals surface area (Å²) in [6.07, 6.45) is 0. The van der Waals surface area contributed by atoms with E-state index in [0.29, 0.717) is 0 Å². The van der Waals surface area contributed by atoms with E-state index in [1.165, 1.54) is 38.2 Å². The number of hydrogen-bond donors (Lipinski definition) is 0. The van der Waals surface area contributed by atoms with Crippen LogP contribution < -0.4 is 24.8 Å². The average molecular weight is 513 g/mol. The normalized spacial score (nSPS) is 9.03. The maximum absolute atomic E-state index is 2.20. The molecular weight excluding hydrogens is 486 g/mol. The Kier molecular flexibility index (Phi) is 13.6. The minimum Gasteiger partial charge on any atom is -1.00 e. The van der Waals surface area contributed by atoms with Crippen LogP contribution in [0.2, 0.25) is 0 Å². The molecule has 5 aromatic rings. The fraction of sp³-hybridized carbons (Fsp3) is 0.111. The van der Waals surface area contributed by atoms with E-state index in [-0.39, 0.29) is 51.0 Å². The van der Waals surface area contributed by atoms with E-state index in [9.17, 15) is 0 Å². The first-order chi connectivity index (χ1) is 13.1. The van der Waals surface area contributed by atoms with E-state index in [1.54, 1.807) is 0 Å². The van der Waals surface area contributed by atoms with Crippen molar-refractivity contribution in [2.45, 2.75) is 20.8 Å². The van der Waals surface area contributed by atoms with Crippen molar-refractivity contribution in [3.05, 3.63) is 120 Å². The molecular formula is C27H26Cl2Zr. The molecule has 0 heterocycles. The molecule has 152 valence electrons. The fourth-order valence-electron chi connectivity index (χ4n) is 3.15. The number of aryl methyl sites for hydroxylation is 3. The van der Waals surface area contributed by atoms with Gasteiger partial charge in [0.2, 0.25) is 0 Å². The monoisotopic (exact) mass is 510 g/mol. The van der Waals surface area contributed by atoms with E-state index in [1.807, 2.05) is 18.2 Å². The van der Waals surface area contributed by atoms with Crippen molar-refractivity contribution in [2.24, 2.45) is 0 Å². The van der Waals surface area contributed by atoms with Crippen LogP contribution in [0.15, 0.2) is 103 Å². The summed E-state index contributed by atoms with van der Waals surface area (Å²) in [5.74, 6) is 0. The third-order valence-corrected chi connectivity index (χ3v) is 4.47. The van der Waals surface area contributed by atoms with Gasteiger partial charge in [-0.1, -0.05) is 61.9 Å². The van der Waals surface area contributed by atoms with Gasteiger partial charge in [0.25, 0.3) is 0 Å². The molecule has 0 fully saturated rings. The number of rotatable bonds is 0. The Morgan fingerprint density at radius 3 is 1.20 bits per heavy atom. The average Bonchev–Trinajstić information content (AvgIpc) is 3.23. The summed E-state index contributed by atoms with van der Waals surface area (Å²) in [6.45, 7) is 6.33. The summed E-state index contributed by atoms with van der Waals surface area (Å²) in [6, 6.07) is 35.9. The van der Waals surface area contributed by atoms with E-state index in [0.717, 1.165) is 0 Å². The molecule has 0 nitrogen and oxygen atoms in total. The molecule has 0 N–H and O–H groups in total. The van der Waals surface area contributed by atoms with Crippen LogP contribution in [0, 0.1) is 20.8 Å². The molecule has 0 aliphatic carbocycles. The first kappa shape index (κ1) is 28.3. The standard InChI is InChI=1S/2C10H9.C7H8.2ClH.Zr/c2*1-8-6-9-4-2-3-5-10(9)7-8;1-7-5-3-2-4-6-7;;;/h2*2-7H,1H3;2-6H,1H3;2*1H;/q2*-1;;;;+4/p-2. The van der Waals surface area contributed by atoms with Crippen LogP contribution >= 0.6 is 0 Å². The Morgan fingerprint density at radius 2 is 0.867 bits per heavy atom. The van der Waals surface area contributed by atoms with Crippen molar-refractivity contribution >= 4 is 21.5 Å². The molecule has 0 radical (unpaired) electrons. The number of hydrogen-bond acceptors (Lipinski definition) is 0. The number of fused-ring (bicyclic) bond motifs is 2. The van der Waals surface area contributed by atoms with Crippen molar-refractivity contribution in [3.8, 4) is 0 Å². The van der Waals surface area contributed by atoms with Gasteiger partial charge >= 0.3 is 26.2 Å². The van der Waals surface area contributed by atoms with Crippen molar-refractivity contribution in [3.63, 3.8) is 0 Å². The van der Waals surface area contributed by atoms with Gasteiger partial charge in [-0.3, -0.25) is 0 Å². The van der Waals surface area contributed by atoms with Crippen LogP contribution in [0.3, 0.4) is 0 Å². The summed E-state index contributed by atoms with van der Waals surface area (Å²) < 4.78 is 0. The Labute approximate surface area is 212 Å². The van der Waals surface area contributed by atoms with Gasteiger partial charge < -0.3 is 24.8 Å². The van der Waals surface area contributed by atoms with Crippen LogP contribution in [-0.2, 0) is 26.2 Å². The quantitative estimate of drug-likeness (QED) is 0.278. The van der Waals surface area contributed by atoms with Gasteiger partial charge in [0.1, 0.15) is 0 Å². The minimum atomic E-state index is 0. The number of benzene rings is 3. The molecule has 0 bridgehead atoms. The predicted octanol–water partition coefficient (Wildman–Crippen LogP) is 1.73. The van der Waals surface area contributed by atoms with Gasteiger partial charge in [-0.25, -0.2) is 0 Å². The molecule has 0 aromatic heterocycles. The zero-order chi connectivity index (χ0) is 19.1. The molecule has 0 saturated heterocycles. The van der Waals surface area contributed by atoms with Crippen LogP contribution in [0.5, 0.6) is 0 Å². The molecule has 0 unspecified atom stereocenters. The third-order valence-electron chi connectivity index (χ3n) is 4.47. The first-order valence-corrected chi connectivity index (χ1v) is 9.37. The minimum absolute atomic E-state index is 0. The van der Waals surface area contributed by atoms with Gasteiger partial charge in [0.05, 0.1) is 0 Å². The van der Waals surface area contributed by atoms with Gasteiger partial charge in [-0.2, -0.15) is 12.1 Å². The van der Waals surface area contributed by atoms with Gasteiger partial charge in [-0.05, 0) is 6.92 Å². The summed E-state index contributed by atoms with van der Waals surface area (Å²) in [7, 11) is 0. The molecule has 30 heavy (non-hydrogen) atoms. The largest absolute Gasteiger partial charge is 4.00 e. The zero-order valence-corrected chi connectivity index (χ0v) is 21.5. The summed E-state index contributed by atoms with van der Waals surface area (Å²) in [4.78, 5) is 0. The summed E-state index contributed by atoms with van der Waals surface area (Å²) in [5, 5.41) is 5.39. The van der Waals surface area contributed by atoms with Crippen molar-refractivity contribution in [1.29, 1.82) is 0 Å². The maximum atomic E-state index is 2.20. The van der Waals surface area contributed by atoms with Gasteiger partial charge in [0, 0.05) is 0 Å². The van der Waals surface area contributed by atoms with Gasteiger partial charge in [0.15, 0.2) is 0 Å². The molecule has 0 saturated carbocycles. The molecule has 5 aromatic carbocycles. The van der Waals surface area contributed by atoms with Crippen LogP contribution in [0.4, 0.5) is 0 Å². The van der Waals surface area contributed by atoms with Crippen LogP contribution in [-0.4, -0.2) is 0 Å². The summed E-state index contributed by atoms with van der Waals surface area (Å²) >= 11 is 0. The molecule has 0 spiro atoms. The Balaban J connectivity index is 0.000000407. The van der Waals surface area contributed by atoms with E-state index < -0.39 is 0 Å². The SMILES string of the molecule is Cc1cc2ccccc2[cH-]1.Cc1cc2ccccc2[cH-]1.Cc1ccccc1.[Cl-].[Cl-].[Zr+4]. The Hall–Kier alpha value is -1.66. The smallest absolute Gasteiger partial charge is 1.00 e. The Bertz CT molecular complexity index is 969. The zero-order valence-electron chi connectivity index (χ0n) is 17.6. The predicted molar refractivity (Wildman–Crippen MR) is 120 cm³/mol. The molecule has 5 rings (SSSR count). The molecule has 0 aliphatic heterocycles.